The SMILES string of the molecule is Cc1ccc(Nc2nc(Cl)nc(Nc3cc(S(=O)(=O)O)cc4cc(S(=O)(=O)O)c(N=Nc5cc(C)c(C)cc5S(=O)(=O)O)c(O)c34)n2)c(S(=O)(=O)O)c1.[Li].[Na]. The minimum Gasteiger partial charge on any atom is -0.505 e. The molecule has 282 valence electrons. The average Bonchev–Trinajstić information content (AvgIpc) is 3.00. The van der Waals surface area contributed by atoms with Gasteiger partial charge in [0, 0.05) is 53.8 Å². The first-order valence-electron chi connectivity index (χ1n) is 14.2. The van der Waals surface area contributed by atoms with Gasteiger partial charge >= 0.3 is 0 Å². The number of nitrogens with one attached hydrogen (secondary N) is 2. The summed E-state index contributed by atoms with van der Waals surface area (Å²) in [5.41, 5.74) is -0.807. The van der Waals surface area contributed by atoms with E-state index in [9.17, 15) is 57.0 Å². The van der Waals surface area contributed by atoms with E-state index in [1.54, 1.807) is 13.8 Å². The number of phenolic OH excluding ortho intramolecular Hbond substituents is 1. The van der Waals surface area contributed by atoms with Gasteiger partial charge < -0.3 is 15.7 Å². The summed E-state index contributed by atoms with van der Waals surface area (Å²) in [7, 11) is -20.0. The Morgan fingerprint density at radius 1 is 0.636 bits per heavy atom. The number of azo groups is 1. The Morgan fingerprint density at radius 2 is 1.18 bits per heavy atom. The molecule has 0 bridgehead atoms. The van der Waals surface area contributed by atoms with E-state index in [-0.39, 0.29) is 54.1 Å². The van der Waals surface area contributed by atoms with Gasteiger partial charge in [-0.15, -0.1) is 10.2 Å². The third kappa shape index (κ3) is 10.6. The smallest absolute Gasteiger partial charge is 0.296 e. The fourth-order valence-corrected chi connectivity index (χ4v) is 7.59. The van der Waals surface area contributed by atoms with Crippen LogP contribution in [0.1, 0.15) is 16.7 Å². The number of aromatic nitrogens is 3. The molecule has 0 atom stereocenters. The normalized spacial score (nSPS) is 12.3. The van der Waals surface area contributed by atoms with Crippen molar-refractivity contribution in [3.8, 4) is 5.75 Å². The number of hydrogen-bond acceptors (Lipinski definition) is 16. The first kappa shape index (κ1) is 46.1. The van der Waals surface area contributed by atoms with E-state index in [4.69, 9.17) is 11.6 Å². The summed E-state index contributed by atoms with van der Waals surface area (Å²) in [6.07, 6.45) is 0. The van der Waals surface area contributed by atoms with Crippen molar-refractivity contribution in [3.63, 3.8) is 0 Å². The molecule has 5 rings (SSSR count). The van der Waals surface area contributed by atoms with E-state index < -0.39 is 111 Å². The fourth-order valence-electron chi connectivity index (χ4n) is 4.81. The van der Waals surface area contributed by atoms with Crippen LogP contribution in [-0.4, -0.2) is 120 Å². The molecule has 7 N–H and O–H groups in total. The molecule has 0 aliphatic carbocycles. The molecule has 0 saturated carbocycles. The summed E-state index contributed by atoms with van der Waals surface area (Å²) in [5, 5.41) is 22.5. The predicted octanol–water partition coefficient (Wildman–Crippen LogP) is 4.44. The summed E-state index contributed by atoms with van der Waals surface area (Å²) >= 11 is 6.07. The predicted molar refractivity (Wildman–Crippen MR) is 199 cm³/mol. The van der Waals surface area contributed by atoms with E-state index >= 15 is 0 Å². The summed E-state index contributed by atoms with van der Waals surface area (Å²) in [4.78, 5) is 8.44. The van der Waals surface area contributed by atoms with Crippen molar-refractivity contribution in [2.24, 2.45) is 10.2 Å². The van der Waals surface area contributed by atoms with Crippen molar-refractivity contribution in [2.75, 3.05) is 10.6 Å². The Bertz CT molecular complexity index is 2870. The summed E-state index contributed by atoms with van der Waals surface area (Å²) in [6, 6.07) is 8.31. The summed E-state index contributed by atoms with van der Waals surface area (Å²) in [5.74, 6) is -2.04. The molecule has 5 aromatic rings. The van der Waals surface area contributed by atoms with Gasteiger partial charge in [-0.05, 0) is 96.9 Å². The van der Waals surface area contributed by atoms with Gasteiger partial charge in [-0.25, -0.2) is 0 Å². The van der Waals surface area contributed by atoms with E-state index in [0.29, 0.717) is 22.8 Å². The minimum absolute atomic E-state index is 0. The Kier molecular flexibility index (Phi) is 13.9. The molecule has 55 heavy (non-hydrogen) atoms. The number of nitrogens with zero attached hydrogens (tertiary/aromatic N) is 5. The van der Waals surface area contributed by atoms with Crippen molar-refractivity contribution < 1.29 is 57.0 Å². The maximum Gasteiger partial charge on any atom is 0.296 e. The topological polar surface area (TPSA) is 325 Å². The van der Waals surface area contributed by atoms with Crippen molar-refractivity contribution in [3.05, 3.63) is 70.5 Å². The second kappa shape index (κ2) is 16.6. The van der Waals surface area contributed by atoms with Gasteiger partial charge in [0.05, 0.1) is 16.3 Å². The van der Waals surface area contributed by atoms with Gasteiger partial charge in [-0.1, -0.05) is 6.07 Å². The van der Waals surface area contributed by atoms with Crippen LogP contribution in [0.4, 0.5) is 34.6 Å². The minimum atomic E-state index is -5.32. The van der Waals surface area contributed by atoms with Crippen LogP contribution in [0.3, 0.4) is 0 Å². The number of aromatic hydroxyl groups is 1. The first-order valence-corrected chi connectivity index (χ1v) is 20.3. The Labute approximate surface area is 352 Å². The quantitative estimate of drug-likeness (QED) is 0.0580. The van der Waals surface area contributed by atoms with E-state index in [1.165, 1.54) is 25.1 Å². The zero-order valence-corrected chi connectivity index (χ0v) is 34.9. The van der Waals surface area contributed by atoms with Crippen LogP contribution in [0.25, 0.3) is 10.8 Å². The fraction of sp³-hybridized carbons (Fsp3) is 0.107. The van der Waals surface area contributed by atoms with Gasteiger partial charge in [-0.3, -0.25) is 18.2 Å². The first-order chi connectivity index (χ1) is 24.3. The van der Waals surface area contributed by atoms with Gasteiger partial charge in [0.2, 0.25) is 17.2 Å². The van der Waals surface area contributed by atoms with Crippen LogP contribution >= 0.6 is 11.6 Å². The molecule has 0 saturated heterocycles. The molecule has 0 aliphatic heterocycles. The number of hydrogen-bond donors (Lipinski definition) is 7. The molecule has 0 amide bonds. The molecule has 0 spiro atoms. The zero-order chi connectivity index (χ0) is 39.4. The number of fused-ring (bicyclic) bond motifs is 1. The molecule has 27 heteroatoms. The van der Waals surface area contributed by atoms with Gasteiger partial charge in [-0.2, -0.15) is 48.6 Å². The van der Waals surface area contributed by atoms with E-state index in [0.717, 1.165) is 24.3 Å². The standard InChI is InChI=1S/C28H24ClN7O13S4.Li.Na/c1-12-4-5-17(20(6-12)51(41,42)43)30-27-32-26(29)33-28(34-27)31-19-11-16(50(38,39)40)9-15-10-22(53(47,48)49)24(25(37)23(15)19)36-35-18-7-13(2)14(3)8-21(18)52(44,45)46;;/h4-11,37H,1-3H3,(H,38,39,40)(H,41,42,43)(H,44,45,46)(H,47,48,49)(H2,30,31,32,33,34);;. The Balaban J connectivity index is 0.00000406. The second-order valence-corrected chi connectivity index (χ2v) is 17.1. The Hall–Kier alpha value is -3.32. The number of phenols is 1. The van der Waals surface area contributed by atoms with Crippen molar-refractivity contribution in [2.45, 2.75) is 40.4 Å². The second-order valence-electron chi connectivity index (χ2n) is 11.1. The Morgan fingerprint density at radius 3 is 1.73 bits per heavy atom. The maximum absolute atomic E-state index is 12.5. The van der Waals surface area contributed by atoms with Crippen LogP contribution in [0, 0.1) is 20.8 Å². The molecule has 2 radical (unpaired) electrons. The van der Waals surface area contributed by atoms with Crippen molar-refractivity contribution in [1.29, 1.82) is 0 Å². The number of aryl methyl sites for hydroxylation is 3. The van der Waals surface area contributed by atoms with Crippen LogP contribution in [0.5, 0.6) is 5.75 Å². The largest absolute Gasteiger partial charge is 0.505 e. The molecule has 0 unspecified atom stereocenters. The van der Waals surface area contributed by atoms with E-state index in [1.807, 2.05) is 0 Å². The number of anilines is 4. The third-order valence-corrected chi connectivity index (χ3v) is 11.0. The molecule has 1 aromatic heterocycles. The number of rotatable bonds is 10. The molecule has 20 nitrogen and oxygen atoms in total. The maximum atomic E-state index is 12.5. The van der Waals surface area contributed by atoms with Crippen LogP contribution in [-0.2, 0) is 40.5 Å². The summed E-state index contributed by atoms with van der Waals surface area (Å²) in [6.45, 7) is 4.66. The molecule has 1 heterocycles. The summed E-state index contributed by atoms with van der Waals surface area (Å²) < 4.78 is 137. The zero-order valence-electron chi connectivity index (χ0n) is 28.9. The van der Waals surface area contributed by atoms with Gasteiger partial charge in [0.15, 0.2) is 5.75 Å². The number of halogens is 1. The molecular formula is C28H24ClLiN7NaO13S4. The average molecular weight is 860 g/mol. The van der Waals surface area contributed by atoms with E-state index in [2.05, 4.69) is 35.8 Å². The molecule has 0 aliphatic rings. The molecule has 4 aromatic carbocycles. The molecule has 0 fully saturated rings. The van der Waals surface area contributed by atoms with Crippen LogP contribution in [0.2, 0.25) is 5.28 Å². The number of benzene rings is 4. The van der Waals surface area contributed by atoms with Gasteiger partial charge in [0.25, 0.3) is 40.5 Å². The molecular weight excluding hydrogens is 836 g/mol. The van der Waals surface area contributed by atoms with Crippen molar-refractivity contribution in [1.82, 2.24) is 15.0 Å². The van der Waals surface area contributed by atoms with Crippen LogP contribution < -0.4 is 10.6 Å². The van der Waals surface area contributed by atoms with Gasteiger partial charge in [0.1, 0.15) is 26.1 Å². The third-order valence-electron chi connectivity index (χ3n) is 7.33. The van der Waals surface area contributed by atoms with Crippen LogP contribution in [0.15, 0.2) is 78.3 Å². The monoisotopic (exact) mass is 859 g/mol. The van der Waals surface area contributed by atoms with Crippen molar-refractivity contribution >= 4 is 146 Å².